The van der Waals surface area contributed by atoms with E-state index in [1.807, 2.05) is 26.1 Å². The van der Waals surface area contributed by atoms with Crippen LogP contribution in [0.4, 0.5) is 5.69 Å². The SMILES string of the molecule is CC[C@]1(O)C[C@H]2CN(CCc3c([nH]c4ccccc34)[C@@](C(=O)OC)(c3cc4c(cc3OC)N(C)[C@H]3C(C(=O)OC)[C@H](OC(C)=O)[C@]5(CC)C=CCN6CC[C@]43[C@@H]65)C2)C1. The molecular weight excluding hydrogens is 737 g/mol. The number of aromatic amines is 1. The third-order valence-corrected chi connectivity index (χ3v) is 15.5. The molecule has 2 N–H and O–H groups in total. The molecule has 6 heterocycles. The molecule has 10 atom stereocenters. The summed E-state index contributed by atoms with van der Waals surface area (Å²) in [6.45, 7) is 9.16. The van der Waals surface area contributed by atoms with E-state index in [4.69, 9.17) is 18.9 Å². The number of piperidine rings is 1. The number of carbonyl (C=O) groups is 3. The fourth-order valence-electron chi connectivity index (χ4n) is 13.4. The number of ether oxygens (including phenoxy) is 4. The van der Waals surface area contributed by atoms with Gasteiger partial charge in [0.2, 0.25) is 0 Å². The molecule has 0 radical (unpaired) electrons. The molecule has 1 spiro atoms. The van der Waals surface area contributed by atoms with Gasteiger partial charge in [-0.25, -0.2) is 0 Å². The van der Waals surface area contributed by atoms with Crippen LogP contribution in [0.25, 0.3) is 10.9 Å². The van der Waals surface area contributed by atoms with Crippen molar-refractivity contribution in [3.05, 3.63) is 70.9 Å². The van der Waals surface area contributed by atoms with Crippen molar-refractivity contribution in [3.63, 3.8) is 0 Å². The zero-order valence-corrected chi connectivity index (χ0v) is 34.9. The van der Waals surface area contributed by atoms with Gasteiger partial charge in [-0.2, -0.15) is 0 Å². The van der Waals surface area contributed by atoms with E-state index in [2.05, 4.69) is 63.0 Å². The van der Waals surface area contributed by atoms with E-state index in [-0.39, 0.29) is 17.9 Å². The Bertz CT molecular complexity index is 2200. The van der Waals surface area contributed by atoms with Crippen molar-refractivity contribution in [2.75, 3.05) is 66.0 Å². The Morgan fingerprint density at radius 1 is 1.00 bits per heavy atom. The van der Waals surface area contributed by atoms with Crippen molar-refractivity contribution in [3.8, 4) is 5.75 Å². The molecule has 1 aromatic heterocycles. The molecule has 2 bridgehead atoms. The number of nitrogens with one attached hydrogen (secondary N) is 1. The van der Waals surface area contributed by atoms with Crippen molar-refractivity contribution >= 4 is 34.5 Å². The molecule has 9 rings (SSSR count). The maximum atomic E-state index is 15.3. The van der Waals surface area contributed by atoms with Crippen LogP contribution in [0, 0.1) is 17.3 Å². The van der Waals surface area contributed by atoms with Crippen molar-refractivity contribution in [1.82, 2.24) is 14.8 Å². The van der Waals surface area contributed by atoms with Crippen LogP contribution in [-0.2, 0) is 45.8 Å². The molecule has 58 heavy (non-hydrogen) atoms. The minimum atomic E-state index is -1.35. The van der Waals surface area contributed by atoms with E-state index in [0.29, 0.717) is 50.0 Å². The lowest BCUT2D eigenvalue weighted by molar-refractivity contribution is -0.183. The summed E-state index contributed by atoms with van der Waals surface area (Å²) in [6.07, 6.45) is 7.21. The van der Waals surface area contributed by atoms with E-state index in [9.17, 15) is 14.7 Å². The standard InChI is InChI=1S/C46H58N4O8/c1-8-43(54)23-28-24-46(42(53)57-7,37-30(15-19-49(25-28)26-43)29-13-10-11-14-33(29)47-37)32-21-31-34(22-35(32)55-5)48(4)38-36(40(52)56-6)39(58-27(3)51)44(9-2)16-12-18-50-20-17-45(31,38)41(44)50/h10-14,16,21-22,28,36,38-39,41,47,54H,8-9,15,17-20,23-26H2,1-7H3/t28-,36?,38+,39+,41+,43+,44+,45+,46+/m1/s1. The van der Waals surface area contributed by atoms with Gasteiger partial charge in [-0.05, 0) is 74.2 Å². The van der Waals surface area contributed by atoms with Crippen molar-refractivity contribution in [2.45, 2.75) is 93.9 Å². The first-order valence-electron chi connectivity index (χ1n) is 21.1. The van der Waals surface area contributed by atoms with Crippen LogP contribution in [0.5, 0.6) is 5.75 Å². The number of nitrogens with zero attached hydrogens (tertiary/aromatic N) is 3. The van der Waals surface area contributed by atoms with Crippen LogP contribution in [0.2, 0.25) is 0 Å². The van der Waals surface area contributed by atoms with Crippen molar-refractivity contribution < 1.29 is 38.4 Å². The van der Waals surface area contributed by atoms with E-state index in [1.165, 1.54) is 21.1 Å². The molecule has 5 aliphatic heterocycles. The van der Waals surface area contributed by atoms with Gasteiger partial charge >= 0.3 is 17.9 Å². The number of aromatic nitrogens is 1. The Balaban J connectivity index is 1.35. The molecule has 3 aromatic rings. The first kappa shape index (κ1) is 39.1. The van der Waals surface area contributed by atoms with E-state index in [0.717, 1.165) is 66.0 Å². The normalized spacial score (nSPS) is 36.1. The zero-order valence-electron chi connectivity index (χ0n) is 34.9. The Hall–Kier alpha value is -4.39. The number of aliphatic hydroxyl groups is 1. The summed E-state index contributed by atoms with van der Waals surface area (Å²) in [6, 6.07) is 11.9. The maximum absolute atomic E-state index is 15.3. The monoisotopic (exact) mass is 794 g/mol. The second-order valence-electron chi connectivity index (χ2n) is 18.0. The van der Waals surface area contributed by atoms with Gasteiger partial charge in [0.1, 0.15) is 23.2 Å². The summed E-state index contributed by atoms with van der Waals surface area (Å²) in [5.41, 5.74) is 1.91. The predicted molar refractivity (Wildman–Crippen MR) is 219 cm³/mol. The molecule has 12 nitrogen and oxygen atoms in total. The first-order valence-corrected chi connectivity index (χ1v) is 21.1. The highest BCUT2D eigenvalue weighted by atomic mass is 16.6. The van der Waals surface area contributed by atoms with E-state index in [1.54, 1.807) is 7.11 Å². The summed E-state index contributed by atoms with van der Waals surface area (Å²) in [7, 11) is 6.54. The summed E-state index contributed by atoms with van der Waals surface area (Å²) in [5, 5.41) is 13.0. The van der Waals surface area contributed by atoms with Gasteiger partial charge in [0.15, 0.2) is 0 Å². The Morgan fingerprint density at radius 2 is 1.79 bits per heavy atom. The van der Waals surface area contributed by atoms with Crippen LogP contribution in [0.1, 0.15) is 75.3 Å². The molecular formula is C46H58N4O8. The number of rotatable bonds is 7. The van der Waals surface area contributed by atoms with Crippen molar-refractivity contribution in [2.24, 2.45) is 17.3 Å². The Kier molecular flexibility index (Phi) is 9.33. The lowest BCUT2D eigenvalue weighted by Crippen LogP contribution is -2.73. The van der Waals surface area contributed by atoms with E-state index < -0.39 is 51.8 Å². The largest absolute Gasteiger partial charge is 0.496 e. The third kappa shape index (κ3) is 5.19. The number of hydrogen-bond acceptors (Lipinski definition) is 11. The summed E-state index contributed by atoms with van der Waals surface area (Å²) in [4.78, 5) is 53.5. The lowest BCUT2D eigenvalue weighted by atomic mass is 9.49. The topological polar surface area (TPSA) is 134 Å². The second-order valence-corrected chi connectivity index (χ2v) is 18.0. The number of hydrogen-bond donors (Lipinski definition) is 2. The van der Waals surface area contributed by atoms with Gasteiger partial charge in [0, 0.05) is 90.9 Å². The first-order chi connectivity index (χ1) is 27.9. The third-order valence-electron chi connectivity index (χ3n) is 15.5. The highest BCUT2D eigenvalue weighted by Crippen LogP contribution is 2.67. The molecule has 0 amide bonds. The van der Waals surface area contributed by atoms with Crippen LogP contribution in [-0.4, -0.2) is 123 Å². The van der Waals surface area contributed by atoms with Crippen molar-refractivity contribution in [1.29, 1.82) is 0 Å². The number of likely N-dealkylation sites (N-methyl/N-ethyl adjacent to an activating group) is 1. The molecule has 1 aliphatic carbocycles. The number of esters is 3. The van der Waals surface area contributed by atoms with Crippen LogP contribution < -0.4 is 9.64 Å². The van der Waals surface area contributed by atoms with Gasteiger partial charge in [0.25, 0.3) is 0 Å². The molecule has 6 aliphatic rings. The lowest BCUT2D eigenvalue weighted by Gasteiger charge is -2.61. The van der Waals surface area contributed by atoms with Gasteiger partial charge in [0.05, 0.1) is 33.0 Å². The smallest absolute Gasteiger partial charge is 0.322 e. The number of H-pyrrole nitrogens is 1. The highest BCUT2D eigenvalue weighted by molar-refractivity contribution is 5.94. The molecule has 310 valence electrons. The number of carbonyl (C=O) groups excluding carboxylic acids is 3. The highest BCUT2D eigenvalue weighted by Gasteiger charge is 2.75. The van der Waals surface area contributed by atoms with Crippen LogP contribution in [0.3, 0.4) is 0 Å². The number of fused-ring (bicyclic) bond motifs is 6. The van der Waals surface area contributed by atoms with Gasteiger partial charge in [-0.3, -0.25) is 24.2 Å². The van der Waals surface area contributed by atoms with E-state index >= 15 is 4.79 Å². The minimum absolute atomic E-state index is 0.0530. The number of para-hydroxylation sites is 1. The van der Waals surface area contributed by atoms with Gasteiger partial charge in [-0.1, -0.05) is 44.2 Å². The maximum Gasteiger partial charge on any atom is 0.322 e. The fourth-order valence-corrected chi connectivity index (χ4v) is 13.4. The average Bonchev–Trinajstić information content (AvgIpc) is 3.88. The van der Waals surface area contributed by atoms with Gasteiger partial charge in [-0.15, -0.1) is 0 Å². The van der Waals surface area contributed by atoms with Crippen LogP contribution >= 0.6 is 0 Å². The molecule has 3 fully saturated rings. The molecule has 1 saturated carbocycles. The quantitative estimate of drug-likeness (QED) is 0.193. The van der Waals surface area contributed by atoms with Gasteiger partial charge < -0.3 is 33.9 Å². The second kappa shape index (κ2) is 13.8. The Labute approximate surface area is 340 Å². The summed E-state index contributed by atoms with van der Waals surface area (Å²) < 4.78 is 24.3. The number of anilines is 1. The molecule has 2 aromatic carbocycles. The average molecular weight is 795 g/mol. The Morgan fingerprint density at radius 3 is 2.50 bits per heavy atom. The zero-order chi connectivity index (χ0) is 40.9. The molecule has 12 heteroatoms. The molecule has 2 unspecified atom stereocenters. The summed E-state index contributed by atoms with van der Waals surface area (Å²) >= 11 is 0. The summed E-state index contributed by atoms with van der Waals surface area (Å²) in [5.74, 6) is -1.56. The van der Waals surface area contributed by atoms with Crippen LogP contribution in [0.15, 0.2) is 48.6 Å². The minimum Gasteiger partial charge on any atom is -0.496 e. The number of methoxy groups -OCH3 is 3. The predicted octanol–water partition coefficient (Wildman–Crippen LogP) is 4.88. The molecule has 2 saturated heterocycles. The fraction of sp³-hybridized carbons (Fsp3) is 0.587. The number of benzene rings is 2.